The van der Waals surface area contributed by atoms with Crippen LogP contribution in [0.2, 0.25) is 0 Å². The molecule has 1 unspecified atom stereocenters. The molecule has 1 aliphatic carbocycles. The van der Waals surface area contributed by atoms with Gasteiger partial charge in [-0.05, 0) is 36.1 Å². The molecule has 1 aromatic rings. The number of benzene rings is 1. The van der Waals surface area contributed by atoms with Crippen LogP contribution in [0.5, 0.6) is 0 Å². The summed E-state index contributed by atoms with van der Waals surface area (Å²) in [6.45, 7) is 4.00. The van der Waals surface area contributed by atoms with Gasteiger partial charge in [-0.2, -0.15) is 0 Å². The molecule has 3 nitrogen and oxygen atoms in total. The summed E-state index contributed by atoms with van der Waals surface area (Å²) in [7, 11) is 1.30. The molecule has 0 aliphatic heterocycles. The van der Waals surface area contributed by atoms with E-state index in [-0.39, 0.29) is 12.2 Å². The van der Waals surface area contributed by atoms with Crippen LogP contribution in [0.1, 0.15) is 31.4 Å². The molecule has 0 aromatic heterocycles. The lowest BCUT2D eigenvalue weighted by atomic mass is 9.82. The Morgan fingerprint density at radius 3 is 2.58 bits per heavy atom. The van der Waals surface area contributed by atoms with Crippen LogP contribution in [0.3, 0.4) is 0 Å². The first kappa shape index (κ1) is 15.3. The molecule has 0 spiro atoms. The smallest absolute Gasteiger partial charge is 0.312 e. The van der Waals surface area contributed by atoms with Gasteiger partial charge < -0.3 is 9.53 Å². The summed E-state index contributed by atoms with van der Waals surface area (Å²) in [5, 5.41) is 0. The fourth-order valence-electron chi connectivity index (χ4n) is 2.47. The summed E-state index contributed by atoms with van der Waals surface area (Å²) in [4.78, 5) is 22.5. The zero-order chi connectivity index (χ0) is 14.5. The number of halogens is 1. The number of rotatable bonds is 3. The molecule has 4 heteroatoms. The third-order valence-corrected chi connectivity index (χ3v) is 3.32. The molecule has 19 heavy (non-hydrogen) atoms. The van der Waals surface area contributed by atoms with Crippen molar-refractivity contribution >= 4 is 12.3 Å². The summed E-state index contributed by atoms with van der Waals surface area (Å²) < 4.78 is 17.9. The number of fused-ring (bicyclic) bond motifs is 1. The highest BCUT2D eigenvalue weighted by Crippen LogP contribution is 2.40. The average Bonchev–Trinajstić information content (AvgIpc) is 2.79. The van der Waals surface area contributed by atoms with Gasteiger partial charge in [-0.1, -0.05) is 19.9 Å². The molecule has 0 N–H and O–H groups in total. The van der Waals surface area contributed by atoms with E-state index < -0.39 is 11.4 Å². The normalized spacial score (nSPS) is 20.0. The minimum absolute atomic E-state index is 0.107. The van der Waals surface area contributed by atoms with E-state index in [1.165, 1.54) is 19.2 Å². The van der Waals surface area contributed by atoms with E-state index in [2.05, 4.69) is 0 Å². The van der Waals surface area contributed by atoms with E-state index in [0.717, 1.165) is 17.4 Å². The van der Waals surface area contributed by atoms with E-state index in [1.807, 2.05) is 13.8 Å². The quantitative estimate of drug-likeness (QED) is 0.624. The van der Waals surface area contributed by atoms with Crippen molar-refractivity contribution in [3.8, 4) is 0 Å². The minimum atomic E-state index is -0.841. The first-order chi connectivity index (χ1) is 9.11. The maximum atomic E-state index is 13.1. The first-order valence-electron chi connectivity index (χ1n) is 6.41. The lowest BCUT2D eigenvalue weighted by Crippen LogP contribution is -2.33. The van der Waals surface area contributed by atoms with Crippen LogP contribution in [-0.4, -0.2) is 19.4 Å². The molecular formula is C15H19FO3. The van der Waals surface area contributed by atoms with Crippen molar-refractivity contribution in [3.05, 3.63) is 35.1 Å². The van der Waals surface area contributed by atoms with Crippen molar-refractivity contribution in [2.24, 2.45) is 5.41 Å². The van der Waals surface area contributed by atoms with Gasteiger partial charge in [0.05, 0.1) is 12.5 Å². The molecule has 0 saturated heterocycles. The van der Waals surface area contributed by atoms with Crippen LogP contribution >= 0.6 is 0 Å². The summed E-state index contributed by atoms with van der Waals surface area (Å²) in [5.74, 6) is -0.725. The van der Waals surface area contributed by atoms with Crippen LogP contribution < -0.4 is 0 Å². The van der Waals surface area contributed by atoms with Crippen molar-refractivity contribution in [2.75, 3.05) is 7.11 Å². The van der Waals surface area contributed by atoms with Gasteiger partial charge in [-0.15, -0.1) is 0 Å². The van der Waals surface area contributed by atoms with E-state index in [0.29, 0.717) is 12.8 Å². The molecule has 104 valence electrons. The van der Waals surface area contributed by atoms with Crippen molar-refractivity contribution < 1.29 is 18.7 Å². The SMILES string of the molecule is CC.COC(=O)C1(CC=O)Cc2ccc(F)cc2C1. The zero-order valence-electron chi connectivity index (χ0n) is 11.5. The summed E-state index contributed by atoms with van der Waals surface area (Å²) >= 11 is 0. The van der Waals surface area contributed by atoms with E-state index in [1.54, 1.807) is 6.07 Å². The standard InChI is InChI=1S/C13H13FO3.C2H6/c1-17-12(16)13(4-5-15)7-9-2-3-11(14)6-10(9)8-13;1-2/h2-3,5-6H,4,7-8H2,1H3;1-2H3. The van der Waals surface area contributed by atoms with Gasteiger partial charge >= 0.3 is 5.97 Å². The van der Waals surface area contributed by atoms with Gasteiger partial charge in [0.1, 0.15) is 12.1 Å². The summed E-state index contributed by atoms with van der Waals surface area (Å²) in [6, 6.07) is 4.46. The Labute approximate surface area is 112 Å². The molecule has 1 aliphatic rings. The third-order valence-electron chi connectivity index (χ3n) is 3.32. The topological polar surface area (TPSA) is 43.4 Å². The van der Waals surface area contributed by atoms with Crippen LogP contribution in [-0.2, 0) is 27.2 Å². The lowest BCUT2D eigenvalue weighted by Gasteiger charge is -2.22. The van der Waals surface area contributed by atoms with Gasteiger partial charge in [0.15, 0.2) is 0 Å². The predicted molar refractivity (Wildman–Crippen MR) is 70.3 cm³/mol. The molecule has 0 bridgehead atoms. The van der Waals surface area contributed by atoms with Gasteiger partial charge in [-0.25, -0.2) is 4.39 Å². The highest BCUT2D eigenvalue weighted by atomic mass is 19.1. The Hall–Kier alpha value is -1.71. The molecule has 0 saturated carbocycles. The van der Waals surface area contributed by atoms with Gasteiger partial charge in [0.2, 0.25) is 0 Å². The number of hydrogen-bond donors (Lipinski definition) is 0. The second kappa shape index (κ2) is 6.45. The Kier molecular flexibility index (Phi) is 5.21. The number of carbonyl (C=O) groups excluding carboxylic acids is 2. The summed E-state index contributed by atoms with van der Waals surface area (Å²) in [6.07, 6.45) is 1.63. The maximum absolute atomic E-state index is 13.1. The zero-order valence-corrected chi connectivity index (χ0v) is 11.5. The monoisotopic (exact) mass is 266 g/mol. The van der Waals surface area contributed by atoms with Gasteiger partial charge in [0, 0.05) is 6.42 Å². The second-order valence-electron chi connectivity index (χ2n) is 4.41. The molecule has 1 atom stereocenters. The molecule has 1 aromatic carbocycles. The minimum Gasteiger partial charge on any atom is -0.469 e. The number of hydrogen-bond acceptors (Lipinski definition) is 3. The van der Waals surface area contributed by atoms with Gasteiger partial charge in [-0.3, -0.25) is 4.79 Å². The Morgan fingerprint density at radius 2 is 2.00 bits per heavy atom. The van der Waals surface area contributed by atoms with E-state index >= 15 is 0 Å². The van der Waals surface area contributed by atoms with Crippen LogP contribution in [0.15, 0.2) is 18.2 Å². The Balaban J connectivity index is 0.000000861. The first-order valence-corrected chi connectivity index (χ1v) is 6.41. The number of ether oxygens (including phenoxy) is 1. The van der Waals surface area contributed by atoms with Crippen molar-refractivity contribution in [1.82, 2.24) is 0 Å². The van der Waals surface area contributed by atoms with E-state index in [9.17, 15) is 14.0 Å². The van der Waals surface area contributed by atoms with Crippen LogP contribution in [0.25, 0.3) is 0 Å². The molecule has 0 radical (unpaired) electrons. The average molecular weight is 266 g/mol. The van der Waals surface area contributed by atoms with Gasteiger partial charge in [0.25, 0.3) is 0 Å². The highest BCUT2D eigenvalue weighted by Gasteiger charge is 2.44. The van der Waals surface area contributed by atoms with Crippen LogP contribution in [0.4, 0.5) is 4.39 Å². The molecular weight excluding hydrogens is 247 g/mol. The summed E-state index contributed by atoms with van der Waals surface area (Å²) in [5.41, 5.74) is 0.864. The number of aldehydes is 1. The molecule has 0 fully saturated rings. The number of carbonyl (C=O) groups is 2. The Bertz CT molecular complexity index is 470. The molecule has 0 amide bonds. The Morgan fingerprint density at radius 1 is 1.37 bits per heavy atom. The fraction of sp³-hybridized carbons (Fsp3) is 0.467. The fourth-order valence-corrected chi connectivity index (χ4v) is 2.47. The third kappa shape index (κ3) is 3.00. The highest BCUT2D eigenvalue weighted by molar-refractivity contribution is 5.82. The lowest BCUT2D eigenvalue weighted by molar-refractivity contribution is -0.153. The van der Waals surface area contributed by atoms with Crippen molar-refractivity contribution in [3.63, 3.8) is 0 Å². The van der Waals surface area contributed by atoms with Crippen molar-refractivity contribution in [1.29, 1.82) is 0 Å². The van der Waals surface area contributed by atoms with Crippen molar-refractivity contribution in [2.45, 2.75) is 33.1 Å². The largest absolute Gasteiger partial charge is 0.469 e. The second-order valence-corrected chi connectivity index (χ2v) is 4.41. The van der Waals surface area contributed by atoms with Crippen LogP contribution in [0, 0.1) is 11.2 Å². The van der Waals surface area contributed by atoms with E-state index in [4.69, 9.17) is 4.74 Å². The molecule has 0 heterocycles. The number of esters is 1. The maximum Gasteiger partial charge on any atom is 0.312 e. The number of methoxy groups -OCH3 is 1. The molecule has 2 rings (SSSR count). The predicted octanol–water partition coefficient (Wildman–Crippen LogP) is 2.70.